The molecule has 0 spiro atoms. The number of hydrogen-bond donors (Lipinski definition) is 3. The van der Waals surface area contributed by atoms with Gasteiger partial charge in [0.15, 0.2) is 5.69 Å². The maximum absolute atomic E-state index is 15.5. The summed E-state index contributed by atoms with van der Waals surface area (Å²) in [5.41, 5.74) is 3.01. The summed E-state index contributed by atoms with van der Waals surface area (Å²) < 4.78 is 103. The minimum Gasteiger partial charge on any atom is -0.383 e. The smallest absolute Gasteiger partial charge is 0.383 e. The summed E-state index contributed by atoms with van der Waals surface area (Å²) in [7, 11) is 0. The maximum Gasteiger partial charge on any atom is 0.435 e. The summed E-state index contributed by atoms with van der Waals surface area (Å²) in [6.07, 6.45) is -3.69. The summed E-state index contributed by atoms with van der Waals surface area (Å²) in [5.74, 6) is -3.21. The Bertz CT molecular complexity index is 2320. The number of carbonyl (C=O) groups is 1. The van der Waals surface area contributed by atoms with E-state index in [0.717, 1.165) is 12.1 Å². The first-order valence-corrected chi connectivity index (χ1v) is 16.6. The first-order chi connectivity index (χ1) is 24.9. The van der Waals surface area contributed by atoms with E-state index in [1.54, 1.807) is 36.4 Å². The molecule has 0 unspecified atom stereocenters. The van der Waals surface area contributed by atoms with Gasteiger partial charge in [0.1, 0.15) is 41.0 Å². The lowest BCUT2D eigenvalue weighted by Crippen LogP contribution is -2.36. The van der Waals surface area contributed by atoms with Crippen LogP contribution in [0.2, 0.25) is 0 Å². The number of aromatic nitrogens is 4. The number of hydrogen-bond acceptors (Lipinski definition) is 6. The van der Waals surface area contributed by atoms with E-state index in [1.165, 1.54) is 20.0 Å². The number of rotatable bonds is 7. The average Bonchev–Trinajstić information content (AvgIpc) is 3.48. The quantitative estimate of drug-likeness (QED) is 0.120. The molecule has 0 saturated heterocycles. The number of benzene rings is 2. The second kappa shape index (κ2) is 12.9. The molecule has 0 radical (unpaired) electrons. The molecule has 1 fully saturated rings. The van der Waals surface area contributed by atoms with Gasteiger partial charge < -0.3 is 16.2 Å². The second-order valence-corrected chi connectivity index (χ2v) is 13.8. The van der Waals surface area contributed by atoms with E-state index < -0.39 is 76.6 Å². The van der Waals surface area contributed by atoms with Gasteiger partial charge in [-0.25, -0.2) is 18.7 Å². The summed E-state index contributed by atoms with van der Waals surface area (Å²) in [6.45, 7) is 1.89. The predicted molar refractivity (Wildman–Crippen MR) is 180 cm³/mol. The number of pyridine rings is 2. The molecule has 2 aliphatic rings. The Balaban J connectivity index is 1.36. The van der Waals surface area contributed by atoms with Crippen molar-refractivity contribution in [1.29, 1.82) is 0 Å². The zero-order chi connectivity index (χ0) is 38.0. The van der Waals surface area contributed by atoms with E-state index >= 15 is 8.78 Å². The number of halogens is 7. The highest BCUT2D eigenvalue weighted by Gasteiger charge is 2.63. The summed E-state index contributed by atoms with van der Waals surface area (Å²) in [5, 5.41) is 17.6. The Hall–Kier alpha value is -5.49. The van der Waals surface area contributed by atoms with Crippen LogP contribution in [0.4, 0.5) is 36.6 Å². The van der Waals surface area contributed by atoms with Crippen LogP contribution in [0.5, 0.6) is 0 Å². The fraction of sp³-hybridized carbons (Fsp3) is 0.316. The molecular weight excluding hydrogens is 705 g/mol. The van der Waals surface area contributed by atoms with Crippen molar-refractivity contribution in [1.82, 2.24) is 25.1 Å². The highest BCUT2D eigenvalue weighted by Crippen LogP contribution is 2.64. The number of fused-ring (bicyclic) bond motifs is 4. The molecule has 0 bridgehead atoms. The molecule has 3 atom stereocenters. The van der Waals surface area contributed by atoms with Crippen LogP contribution in [-0.4, -0.2) is 36.4 Å². The predicted octanol–water partition coefficient (Wildman–Crippen LogP) is 7.19. The molecule has 2 aliphatic carbocycles. The fourth-order valence-corrected chi connectivity index (χ4v) is 7.23. The Morgan fingerprint density at radius 1 is 1.06 bits per heavy atom. The summed E-state index contributed by atoms with van der Waals surface area (Å²) >= 11 is 0. The molecule has 1 amide bonds. The van der Waals surface area contributed by atoms with E-state index in [9.17, 15) is 31.9 Å². The number of anilines is 1. The van der Waals surface area contributed by atoms with Gasteiger partial charge in [0, 0.05) is 34.7 Å². The molecule has 15 heteroatoms. The number of carbonyl (C=O) groups excluding carboxylic acids is 1. The largest absolute Gasteiger partial charge is 0.435 e. The van der Waals surface area contributed by atoms with Crippen LogP contribution in [0.25, 0.3) is 21.9 Å². The van der Waals surface area contributed by atoms with Gasteiger partial charge in [0.05, 0.1) is 11.7 Å². The van der Waals surface area contributed by atoms with Crippen molar-refractivity contribution >= 4 is 22.5 Å². The van der Waals surface area contributed by atoms with Crippen LogP contribution in [0, 0.1) is 29.4 Å². The van der Waals surface area contributed by atoms with Crippen LogP contribution in [0.3, 0.4) is 0 Å². The molecule has 3 aromatic heterocycles. The highest BCUT2D eigenvalue weighted by molar-refractivity contribution is 6.01. The number of nitrogens with one attached hydrogen (secondary N) is 1. The molecule has 2 aromatic carbocycles. The highest BCUT2D eigenvalue weighted by atomic mass is 19.4. The number of nitrogen functional groups attached to an aromatic ring is 1. The lowest BCUT2D eigenvalue weighted by Gasteiger charge is -2.34. The van der Waals surface area contributed by atoms with Crippen molar-refractivity contribution < 1.29 is 40.6 Å². The third-order valence-electron chi connectivity index (χ3n) is 9.55. The fourth-order valence-electron chi connectivity index (χ4n) is 7.23. The lowest BCUT2D eigenvalue weighted by atomic mass is 9.73. The Kier molecular flexibility index (Phi) is 8.72. The molecule has 1 saturated carbocycles. The normalized spacial score (nSPS) is 18.1. The second-order valence-electron chi connectivity index (χ2n) is 13.8. The van der Waals surface area contributed by atoms with Gasteiger partial charge in [0.2, 0.25) is 5.91 Å². The first-order valence-electron chi connectivity index (χ1n) is 16.6. The van der Waals surface area contributed by atoms with Crippen molar-refractivity contribution in [2.45, 2.75) is 69.3 Å². The van der Waals surface area contributed by atoms with Gasteiger partial charge in [0.25, 0.3) is 5.92 Å². The standard InChI is InChI=1S/C38H31F7N6O2/c1-36(2,53)12-10-22-6-7-25(23-4-3-5-26-24(23)11-13-47-35(26)46)32(48-22)29(16-19-14-20(39)17-21(40)15-19)49-30(52)18-51-34-31(33(50-51)38(43,44)45)27-8-9-28(27)37(34,41)42/h3-7,11,13-15,17,27-29,53H,8-9,16,18H2,1-2H3,(H2,46,47)(H,49,52)/t27-,28+,29-/m0/s1. The topological polar surface area (TPSA) is 119 Å². The van der Waals surface area contributed by atoms with Crippen molar-refractivity contribution in [3.8, 4) is 23.0 Å². The number of nitrogens with zero attached hydrogens (tertiary/aromatic N) is 4. The molecule has 3 heterocycles. The Morgan fingerprint density at radius 3 is 2.45 bits per heavy atom. The SMILES string of the molecule is CC(C)(O)C#Cc1ccc(-c2cccc3c(N)nccc23)c([C@H](Cc2cc(F)cc(F)c2)NC(=O)Cn2nc(C(F)(F)F)c3c2C(F)(F)[C@@H]2CC[C@H]32)n1. The molecular formula is C38H31F7N6O2. The minimum absolute atomic E-state index is 0.0269. The average molecular weight is 737 g/mol. The van der Waals surface area contributed by atoms with Crippen LogP contribution < -0.4 is 11.1 Å². The molecule has 5 aromatic rings. The molecule has 4 N–H and O–H groups in total. The third kappa shape index (κ3) is 6.79. The van der Waals surface area contributed by atoms with E-state index in [-0.39, 0.29) is 42.0 Å². The number of aliphatic hydroxyl groups is 1. The van der Waals surface area contributed by atoms with Crippen molar-refractivity contribution in [2.75, 3.05) is 5.73 Å². The van der Waals surface area contributed by atoms with Crippen LogP contribution >= 0.6 is 0 Å². The third-order valence-corrected chi connectivity index (χ3v) is 9.55. The van der Waals surface area contributed by atoms with Crippen molar-refractivity contribution in [2.24, 2.45) is 5.92 Å². The van der Waals surface area contributed by atoms with E-state index in [0.29, 0.717) is 32.6 Å². The zero-order valence-electron chi connectivity index (χ0n) is 28.2. The first kappa shape index (κ1) is 35.9. The number of nitrogens with two attached hydrogens (primary N) is 1. The van der Waals surface area contributed by atoms with Crippen LogP contribution in [0.15, 0.2) is 60.8 Å². The summed E-state index contributed by atoms with van der Waals surface area (Å²) in [6, 6.07) is 11.6. The molecule has 7 rings (SSSR count). The minimum atomic E-state index is -5.04. The van der Waals surface area contributed by atoms with Crippen molar-refractivity contribution in [3.05, 3.63) is 106 Å². The molecule has 8 nitrogen and oxygen atoms in total. The number of alkyl halides is 5. The molecule has 274 valence electrons. The van der Waals surface area contributed by atoms with Gasteiger partial charge in [-0.05, 0) is 91.8 Å². The van der Waals surface area contributed by atoms with E-state index in [4.69, 9.17) is 10.7 Å². The van der Waals surface area contributed by atoms with Crippen LogP contribution in [-0.2, 0) is 29.9 Å². The van der Waals surface area contributed by atoms with Gasteiger partial charge in [-0.2, -0.15) is 27.1 Å². The number of amides is 1. The van der Waals surface area contributed by atoms with Gasteiger partial charge in [-0.3, -0.25) is 9.48 Å². The van der Waals surface area contributed by atoms with Gasteiger partial charge in [-0.1, -0.05) is 24.1 Å². The van der Waals surface area contributed by atoms with Gasteiger partial charge >= 0.3 is 6.18 Å². The molecule has 53 heavy (non-hydrogen) atoms. The van der Waals surface area contributed by atoms with Crippen molar-refractivity contribution in [3.63, 3.8) is 0 Å². The zero-order valence-corrected chi connectivity index (χ0v) is 28.2. The monoisotopic (exact) mass is 736 g/mol. The van der Waals surface area contributed by atoms with Crippen LogP contribution in [0.1, 0.15) is 72.6 Å². The van der Waals surface area contributed by atoms with Gasteiger partial charge in [-0.15, -0.1) is 0 Å². The Morgan fingerprint density at radius 2 is 1.79 bits per heavy atom. The molecule has 0 aliphatic heterocycles. The lowest BCUT2D eigenvalue weighted by molar-refractivity contribution is -0.144. The summed E-state index contributed by atoms with van der Waals surface area (Å²) in [4.78, 5) is 22.7. The maximum atomic E-state index is 15.5. The van der Waals surface area contributed by atoms with E-state index in [2.05, 4.69) is 27.2 Å². The Labute approximate surface area is 298 Å². The van der Waals surface area contributed by atoms with E-state index in [1.807, 2.05) is 0 Å².